The number of aliphatic imine (C=N–C) groups is 1. The largest absolute Gasteiger partial charge is 0.356 e. The van der Waals surface area contributed by atoms with E-state index in [4.69, 9.17) is 4.99 Å². The van der Waals surface area contributed by atoms with E-state index in [9.17, 15) is 0 Å². The van der Waals surface area contributed by atoms with Crippen molar-refractivity contribution < 1.29 is 0 Å². The van der Waals surface area contributed by atoms with Crippen LogP contribution < -0.4 is 10.6 Å². The SMILES string of the molecule is Cc1nnc(CN=C(NCCCc2ccc(C(C)C)cc2)NC2CCCC2)n1C.I. The van der Waals surface area contributed by atoms with Gasteiger partial charge in [-0.2, -0.15) is 0 Å². The number of guanidine groups is 1. The highest BCUT2D eigenvalue weighted by atomic mass is 127. The second-order valence-electron chi connectivity index (χ2n) is 8.44. The highest BCUT2D eigenvalue weighted by Gasteiger charge is 2.16. The van der Waals surface area contributed by atoms with E-state index in [-0.39, 0.29) is 24.0 Å². The summed E-state index contributed by atoms with van der Waals surface area (Å²) in [5.41, 5.74) is 2.80. The van der Waals surface area contributed by atoms with E-state index in [2.05, 4.69) is 58.9 Å². The van der Waals surface area contributed by atoms with Crippen molar-refractivity contribution in [3.8, 4) is 0 Å². The lowest BCUT2D eigenvalue weighted by Crippen LogP contribution is -2.42. The lowest BCUT2D eigenvalue weighted by Gasteiger charge is -2.17. The Morgan fingerprint density at radius 3 is 2.47 bits per heavy atom. The fourth-order valence-corrected chi connectivity index (χ4v) is 3.72. The first-order chi connectivity index (χ1) is 14.0. The molecule has 2 N–H and O–H groups in total. The average molecular weight is 524 g/mol. The first-order valence-corrected chi connectivity index (χ1v) is 11.0. The first-order valence-electron chi connectivity index (χ1n) is 11.0. The molecule has 0 amide bonds. The van der Waals surface area contributed by atoms with Crippen LogP contribution in [0.5, 0.6) is 0 Å². The highest BCUT2D eigenvalue weighted by molar-refractivity contribution is 14.0. The number of hydrogen-bond acceptors (Lipinski definition) is 3. The molecular weight excluding hydrogens is 487 g/mol. The molecule has 1 aromatic heterocycles. The van der Waals surface area contributed by atoms with Crippen LogP contribution in [0.25, 0.3) is 0 Å². The normalized spacial score (nSPS) is 14.8. The van der Waals surface area contributed by atoms with Gasteiger partial charge in [0, 0.05) is 19.6 Å². The smallest absolute Gasteiger partial charge is 0.191 e. The van der Waals surface area contributed by atoms with Crippen LogP contribution in [0.2, 0.25) is 0 Å². The molecule has 0 aliphatic heterocycles. The number of aromatic nitrogens is 3. The number of nitrogens with one attached hydrogen (secondary N) is 2. The molecule has 1 heterocycles. The van der Waals surface area contributed by atoms with Crippen molar-refractivity contribution in [3.63, 3.8) is 0 Å². The van der Waals surface area contributed by atoms with Crippen molar-refractivity contribution >= 4 is 29.9 Å². The molecule has 0 spiro atoms. The van der Waals surface area contributed by atoms with Crippen LogP contribution in [0.4, 0.5) is 0 Å². The maximum absolute atomic E-state index is 4.78. The van der Waals surface area contributed by atoms with Crippen LogP contribution >= 0.6 is 24.0 Å². The molecule has 0 unspecified atom stereocenters. The maximum atomic E-state index is 4.78. The molecule has 0 radical (unpaired) electrons. The summed E-state index contributed by atoms with van der Waals surface area (Å²) in [6, 6.07) is 9.57. The third-order valence-electron chi connectivity index (χ3n) is 5.84. The van der Waals surface area contributed by atoms with Gasteiger partial charge < -0.3 is 15.2 Å². The topological polar surface area (TPSA) is 67.1 Å². The van der Waals surface area contributed by atoms with Gasteiger partial charge in [0.2, 0.25) is 0 Å². The Labute approximate surface area is 198 Å². The van der Waals surface area contributed by atoms with Gasteiger partial charge in [-0.1, -0.05) is 51.0 Å². The zero-order chi connectivity index (χ0) is 20.6. The zero-order valence-electron chi connectivity index (χ0n) is 18.8. The quantitative estimate of drug-likeness (QED) is 0.232. The molecular formula is C23H37IN6. The summed E-state index contributed by atoms with van der Waals surface area (Å²) < 4.78 is 2.00. The Bertz CT molecular complexity index is 791. The predicted octanol–water partition coefficient (Wildman–Crippen LogP) is 4.48. The van der Waals surface area contributed by atoms with Crippen molar-refractivity contribution in [3.05, 3.63) is 47.0 Å². The standard InChI is InChI=1S/C23H36N6.HI/c1-17(2)20-13-11-19(12-14-20)8-7-15-24-23(26-21-9-5-6-10-21)25-16-22-28-27-18(3)29(22)4;/h11-14,17,21H,5-10,15-16H2,1-4H3,(H2,24,25,26);1H. The van der Waals surface area contributed by atoms with Gasteiger partial charge >= 0.3 is 0 Å². The van der Waals surface area contributed by atoms with Crippen molar-refractivity contribution in [1.29, 1.82) is 0 Å². The summed E-state index contributed by atoms with van der Waals surface area (Å²) in [6.45, 7) is 7.88. The monoisotopic (exact) mass is 524 g/mol. The predicted molar refractivity (Wildman–Crippen MR) is 135 cm³/mol. The van der Waals surface area contributed by atoms with E-state index in [0.29, 0.717) is 18.5 Å². The lowest BCUT2D eigenvalue weighted by molar-refractivity contribution is 0.607. The van der Waals surface area contributed by atoms with Gasteiger partial charge in [-0.3, -0.25) is 0 Å². The van der Waals surface area contributed by atoms with E-state index in [1.54, 1.807) is 0 Å². The maximum Gasteiger partial charge on any atom is 0.191 e. The van der Waals surface area contributed by atoms with Crippen LogP contribution in [0, 0.1) is 6.92 Å². The zero-order valence-corrected chi connectivity index (χ0v) is 21.1. The third-order valence-corrected chi connectivity index (χ3v) is 5.84. The van der Waals surface area contributed by atoms with Crippen molar-refractivity contribution in [2.75, 3.05) is 6.54 Å². The number of hydrogen-bond donors (Lipinski definition) is 2. The van der Waals surface area contributed by atoms with Gasteiger partial charge in [0.05, 0.1) is 0 Å². The minimum absolute atomic E-state index is 0. The number of benzene rings is 1. The molecule has 30 heavy (non-hydrogen) atoms. The summed E-state index contributed by atoms with van der Waals surface area (Å²) >= 11 is 0. The Hall–Kier alpha value is -1.64. The molecule has 2 aromatic rings. The van der Waals surface area contributed by atoms with E-state index < -0.39 is 0 Å². The summed E-state index contributed by atoms with van der Waals surface area (Å²) in [4.78, 5) is 4.78. The van der Waals surface area contributed by atoms with Gasteiger partial charge in [0.1, 0.15) is 12.4 Å². The van der Waals surface area contributed by atoms with Crippen LogP contribution in [0.15, 0.2) is 29.3 Å². The number of aryl methyl sites for hydroxylation is 2. The highest BCUT2D eigenvalue weighted by Crippen LogP contribution is 2.17. The van der Waals surface area contributed by atoms with Gasteiger partial charge in [0.25, 0.3) is 0 Å². The van der Waals surface area contributed by atoms with Crippen molar-refractivity contribution in [2.45, 2.75) is 77.8 Å². The molecule has 1 aromatic carbocycles. The molecule has 6 nitrogen and oxygen atoms in total. The van der Waals surface area contributed by atoms with Crippen molar-refractivity contribution in [2.24, 2.45) is 12.0 Å². The molecule has 7 heteroatoms. The third kappa shape index (κ3) is 7.25. The van der Waals surface area contributed by atoms with E-state index in [0.717, 1.165) is 37.0 Å². The molecule has 1 aliphatic rings. The summed E-state index contributed by atoms with van der Waals surface area (Å²) in [7, 11) is 1.99. The Morgan fingerprint density at radius 1 is 1.17 bits per heavy atom. The molecule has 0 bridgehead atoms. The van der Waals surface area contributed by atoms with Crippen LogP contribution in [0.1, 0.15) is 74.6 Å². The van der Waals surface area contributed by atoms with Crippen LogP contribution in [-0.4, -0.2) is 33.3 Å². The second kappa shape index (κ2) is 12.3. The van der Waals surface area contributed by atoms with Gasteiger partial charge in [-0.15, -0.1) is 34.2 Å². The Kier molecular flexibility index (Phi) is 10.1. The van der Waals surface area contributed by atoms with Crippen molar-refractivity contribution in [1.82, 2.24) is 25.4 Å². The molecule has 1 fully saturated rings. The van der Waals surface area contributed by atoms with Crippen LogP contribution in [-0.2, 0) is 20.0 Å². The Morgan fingerprint density at radius 2 is 1.87 bits per heavy atom. The summed E-state index contributed by atoms with van der Waals surface area (Å²) in [5.74, 6) is 3.29. The first kappa shape index (κ1) is 24.6. The average Bonchev–Trinajstić information content (AvgIpc) is 3.34. The second-order valence-corrected chi connectivity index (χ2v) is 8.44. The number of nitrogens with zero attached hydrogens (tertiary/aromatic N) is 4. The molecule has 0 saturated heterocycles. The lowest BCUT2D eigenvalue weighted by atomic mass is 10.0. The van der Waals surface area contributed by atoms with E-state index in [1.165, 1.54) is 36.8 Å². The minimum Gasteiger partial charge on any atom is -0.356 e. The minimum atomic E-state index is 0. The van der Waals surface area contributed by atoms with Crippen LogP contribution in [0.3, 0.4) is 0 Å². The molecule has 1 saturated carbocycles. The molecule has 3 rings (SSSR count). The summed E-state index contributed by atoms with van der Waals surface area (Å²) in [6.07, 6.45) is 7.22. The Balaban J connectivity index is 0.00000320. The van der Waals surface area contributed by atoms with E-state index in [1.807, 2.05) is 18.5 Å². The fraction of sp³-hybridized carbons (Fsp3) is 0.609. The molecule has 1 aliphatic carbocycles. The number of rotatable bonds is 8. The van der Waals surface area contributed by atoms with E-state index >= 15 is 0 Å². The van der Waals surface area contributed by atoms with Gasteiger partial charge in [0.15, 0.2) is 11.8 Å². The van der Waals surface area contributed by atoms with Gasteiger partial charge in [-0.05, 0) is 49.7 Å². The molecule has 166 valence electrons. The van der Waals surface area contributed by atoms with Gasteiger partial charge in [-0.25, -0.2) is 4.99 Å². The summed E-state index contributed by atoms with van der Waals surface area (Å²) in [5, 5.41) is 15.5. The molecule has 0 atom stereocenters. The number of halogens is 1. The fourth-order valence-electron chi connectivity index (χ4n) is 3.72.